The van der Waals surface area contributed by atoms with Gasteiger partial charge in [0, 0.05) is 17.7 Å². The average Bonchev–Trinajstić information content (AvgIpc) is 2.97. The van der Waals surface area contributed by atoms with Crippen LogP contribution in [0.15, 0.2) is 103 Å². The molecule has 0 unspecified atom stereocenters. The van der Waals surface area contributed by atoms with Crippen LogP contribution >= 0.6 is 7.75 Å². The molecule has 156 valence electrons. The van der Waals surface area contributed by atoms with Crippen LogP contribution < -0.4 is 14.1 Å². The highest BCUT2D eigenvalue weighted by Crippen LogP contribution is 2.56. The molecular formula is C27H20NO3P. The van der Waals surface area contributed by atoms with E-state index in [0.29, 0.717) is 18.0 Å². The lowest BCUT2D eigenvalue weighted by Crippen LogP contribution is -2.17. The van der Waals surface area contributed by atoms with Crippen molar-refractivity contribution in [3.63, 3.8) is 0 Å². The zero-order valence-corrected chi connectivity index (χ0v) is 18.1. The predicted molar refractivity (Wildman–Crippen MR) is 129 cm³/mol. The molecule has 0 fully saturated rings. The Morgan fingerprint density at radius 2 is 1.09 bits per heavy atom. The molecule has 0 radical (unpaired) electrons. The summed E-state index contributed by atoms with van der Waals surface area (Å²) in [5, 5.41) is 7.28. The Kier molecular flexibility index (Phi) is 4.50. The van der Waals surface area contributed by atoms with E-state index in [9.17, 15) is 4.57 Å². The zero-order valence-electron chi connectivity index (χ0n) is 17.2. The molecular weight excluding hydrogens is 417 g/mol. The maximum atomic E-state index is 13.9. The first-order chi connectivity index (χ1) is 15.7. The highest BCUT2D eigenvalue weighted by atomic mass is 31.2. The minimum atomic E-state index is -3.69. The molecule has 5 aromatic rings. The second-order valence-corrected chi connectivity index (χ2v) is 9.50. The van der Waals surface area contributed by atoms with E-state index < -0.39 is 7.75 Å². The molecule has 0 aliphatic carbocycles. The molecule has 32 heavy (non-hydrogen) atoms. The molecule has 0 saturated heterocycles. The van der Waals surface area contributed by atoms with Crippen LogP contribution in [0, 0.1) is 0 Å². The molecule has 0 bridgehead atoms. The summed E-state index contributed by atoms with van der Waals surface area (Å²) in [6, 6.07) is 33.9. The van der Waals surface area contributed by atoms with E-state index in [1.54, 1.807) is 0 Å². The summed E-state index contributed by atoms with van der Waals surface area (Å²) in [5.41, 5.74) is 2.79. The third-order valence-corrected chi connectivity index (χ3v) is 7.21. The monoisotopic (exact) mass is 437 g/mol. The Balaban J connectivity index is 1.57. The number of hydrogen-bond donors (Lipinski definition) is 1. The van der Waals surface area contributed by atoms with Gasteiger partial charge in [-0.05, 0) is 39.2 Å². The highest BCUT2D eigenvalue weighted by molar-refractivity contribution is 7.52. The minimum Gasteiger partial charge on any atom is -0.404 e. The number of rotatable bonds is 3. The predicted octanol–water partition coefficient (Wildman–Crippen LogP) is 7.33. The molecule has 1 N–H and O–H groups in total. The smallest absolute Gasteiger partial charge is 0.404 e. The first kappa shape index (κ1) is 19.1. The maximum Gasteiger partial charge on any atom is 0.513 e. The van der Waals surface area contributed by atoms with E-state index >= 15 is 0 Å². The van der Waals surface area contributed by atoms with Gasteiger partial charge < -0.3 is 9.05 Å². The molecule has 0 spiro atoms. The van der Waals surface area contributed by atoms with Gasteiger partial charge in [0.1, 0.15) is 11.5 Å². The molecule has 5 heteroatoms. The third kappa shape index (κ3) is 3.25. The lowest BCUT2D eigenvalue weighted by atomic mass is 9.92. The van der Waals surface area contributed by atoms with E-state index in [2.05, 4.69) is 29.4 Å². The number of fused-ring (bicyclic) bond motifs is 7. The van der Waals surface area contributed by atoms with Gasteiger partial charge in [-0.25, -0.2) is 4.57 Å². The van der Waals surface area contributed by atoms with Gasteiger partial charge in [0.05, 0.1) is 0 Å². The topological polar surface area (TPSA) is 47.6 Å². The molecule has 0 saturated carbocycles. The van der Waals surface area contributed by atoms with Crippen LogP contribution in [0.4, 0.5) is 0 Å². The van der Waals surface area contributed by atoms with Crippen LogP contribution in [0.3, 0.4) is 0 Å². The molecule has 0 atom stereocenters. The van der Waals surface area contributed by atoms with Crippen molar-refractivity contribution in [3.8, 4) is 22.6 Å². The Morgan fingerprint density at radius 1 is 0.594 bits per heavy atom. The van der Waals surface area contributed by atoms with Crippen molar-refractivity contribution < 1.29 is 13.6 Å². The quantitative estimate of drug-likeness (QED) is 0.300. The molecule has 0 aromatic heterocycles. The SMILES string of the molecule is O=P1(NCc2ccccc2)Oc2ccc3ccccc3c2-c2c(ccc3ccccc23)O1. The fraction of sp³-hybridized carbons (Fsp3) is 0.0370. The molecule has 1 aliphatic heterocycles. The normalized spacial score (nSPS) is 14.1. The summed E-state index contributed by atoms with van der Waals surface area (Å²) in [7, 11) is -3.69. The Bertz CT molecular complexity index is 1420. The summed E-state index contributed by atoms with van der Waals surface area (Å²) in [4.78, 5) is 0. The van der Waals surface area contributed by atoms with Crippen molar-refractivity contribution >= 4 is 29.3 Å². The van der Waals surface area contributed by atoms with Crippen molar-refractivity contribution in [1.82, 2.24) is 5.09 Å². The lowest BCUT2D eigenvalue weighted by molar-refractivity contribution is 0.375. The Hall–Kier alpha value is -3.59. The molecule has 4 nitrogen and oxygen atoms in total. The third-order valence-electron chi connectivity index (χ3n) is 5.79. The number of hydrogen-bond acceptors (Lipinski definition) is 3. The van der Waals surface area contributed by atoms with Gasteiger partial charge in [0.15, 0.2) is 0 Å². The Morgan fingerprint density at radius 3 is 1.66 bits per heavy atom. The van der Waals surface area contributed by atoms with Crippen LogP contribution in [0.25, 0.3) is 32.7 Å². The second-order valence-electron chi connectivity index (χ2n) is 7.82. The van der Waals surface area contributed by atoms with Gasteiger partial charge in [-0.15, -0.1) is 0 Å². The van der Waals surface area contributed by atoms with E-state index in [1.165, 1.54) is 0 Å². The van der Waals surface area contributed by atoms with Gasteiger partial charge in [0.25, 0.3) is 0 Å². The van der Waals surface area contributed by atoms with Gasteiger partial charge in [-0.3, -0.25) is 0 Å². The summed E-state index contributed by atoms with van der Waals surface area (Å²) in [6.45, 7) is 0.365. The molecule has 5 aromatic carbocycles. The largest absolute Gasteiger partial charge is 0.513 e. The molecule has 6 rings (SSSR count). The Labute approximate surface area is 186 Å². The minimum absolute atomic E-state index is 0.365. The molecule has 1 heterocycles. The standard InChI is InChI=1S/C27H20NO3P/c29-32(28-18-19-8-2-1-3-9-19)30-24-16-14-20-10-4-6-12-22(20)26(24)27-23-13-7-5-11-21(23)15-17-25(27)31-32/h1-17H,18H2,(H,28,29). The van der Waals surface area contributed by atoms with Crippen molar-refractivity contribution in [3.05, 3.63) is 109 Å². The van der Waals surface area contributed by atoms with E-state index in [0.717, 1.165) is 38.2 Å². The second kappa shape index (κ2) is 7.52. The van der Waals surface area contributed by atoms with Crippen molar-refractivity contribution in [2.45, 2.75) is 6.54 Å². The van der Waals surface area contributed by atoms with Gasteiger partial charge in [-0.2, -0.15) is 5.09 Å². The van der Waals surface area contributed by atoms with Crippen LogP contribution in [-0.2, 0) is 11.1 Å². The van der Waals surface area contributed by atoms with Crippen LogP contribution in [0.1, 0.15) is 5.56 Å². The fourth-order valence-electron chi connectivity index (χ4n) is 4.30. The van der Waals surface area contributed by atoms with Crippen molar-refractivity contribution in [2.24, 2.45) is 0 Å². The van der Waals surface area contributed by atoms with E-state index in [1.807, 2.05) is 78.9 Å². The first-order valence-electron chi connectivity index (χ1n) is 10.5. The zero-order chi connectivity index (χ0) is 21.5. The van der Waals surface area contributed by atoms with E-state index in [-0.39, 0.29) is 0 Å². The van der Waals surface area contributed by atoms with E-state index in [4.69, 9.17) is 9.05 Å². The summed E-state index contributed by atoms with van der Waals surface area (Å²) >= 11 is 0. The van der Waals surface area contributed by atoms with Crippen LogP contribution in [0.2, 0.25) is 0 Å². The van der Waals surface area contributed by atoms with Crippen LogP contribution in [-0.4, -0.2) is 0 Å². The van der Waals surface area contributed by atoms with Gasteiger partial charge in [-0.1, -0.05) is 91.0 Å². The first-order valence-corrected chi connectivity index (χ1v) is 12.1. The number of benzene rings is 5. The summed E-state index contributed by atoms with van der Waals surface area (Å²) in [6.07, 6.45) is 0. The molecule has 1 aliphatic rings. The van der Waals surface area contributed by atoms with Crippen molar-refractivity contribution in [2.75, 3.05) is 0 Å². The number of nitrogens with one attached hydrogen (secondary N) is 1. The maximum absolute atomic E-state index is 13.9. The summed E-state index contributed by atoms with van der Waals surface area (Å²) in [5.74, 6) is 1.09. The summed E-state index contributed by atoms with van der Waals surface area (Å²) < 4.78 is 26.1. The van der Waals surface area contributed by atoms with Crippen LogP contribution in [0.5, 0.6) is 11.5 Å². The fourth-order valence-corrected chi connectivity index (χ4v) is 5.66. The molecule has 0 amide bonds. The van der Waals surface area contributed by atoms with Crippen molar-refractivity contribution in [1.29, 1.82) is 0 Å². The lowest BCUT2D eigenvalue weighted by Gasteiger charge is -2.19. The van der Waals surface area contributed by atoms with Gasteiger partial charge in [0.2, 0.25) is 0 Å². The van der Waals surface area contributed by atoms with Gasteiger partial charge >= 0.3 is 7.75 Å². The average molecular weight is 437 g/mol. The highest BCUT2D eigenvalue weighted by Gasteiger charge is 2.35.